The number of likely N-dealkylation sites (N-methyl/N-ethyl adjacent to an activating group) is 1. The zero-order chi connectivity index (χ0) is 26.3. The van der Waals surface area contributed by atoms with Gasteiger partial charge in [0.1, 0.15) is 12.6 Å². The molecular weight excluding hydrogens is 474 g/mol. The molecule has 2 amide bonds. The maximum atomic E-state index is 13.9. The molecule has 0 bridgehead atoms. The first-order chi connectivity index (χ1) is 17.1. The van der Waals surface area contributed by atoms with Crippen molar-refractivity contribution in [2.45, 2.75) is 32.9 Å². The topological polar surface area (TPSA) is 86.8 Å². The van der Waals surface area contributed by atoms with Crippen LogP contribution in [0.3, 0.4) is 0 Å². The minimum atomic E-state index is -3.79. The summed E-state index contributed by atoms with van der Waals surface area (Å²) in [6.07, 6.45) is 1.38. The van der Waals surface area contributed by atoms with Gasteiger partial charge in [-0.2, -0.15) is 0 Å². The fourth-order valence-corrected chi connectivity index (χ4v) is 5.24. The second kappa shape index (κ2) is 11.9. The molecule has 0 fully saturated rings. The Morgan fingerprint density at radius 3 is 1.86 bits per heavy atom. The van der Waals surface area contributed by atoms with Crippen molar-refractivity contribution in [3.05, 3.63) is 101 Å². The van der Waals surface area contributed by atoms with E-state index in [0.29, 0.717) is 12.1 Å². The van der Waals surface area contributed by atoms with E-state index in [4.69, 9.17) is 0 Å². The molecule has 8 heteroatoms. The van der Waals surface area contributed by atoms with Crippen LogP contribution in [-0.2, 0) is 32.6 Å². The van der Waals surface area contributed by atoms with Gasteiger partial charge in [0, 0.05) is 20.0 Å². The van der Waals surface area contributed by atoms with E-state index in [0.717, 1.165) is 32.8 Å². The number of hydrogen-bond acceptors (Lipinski definition) is 4. The van der Waals surface area contributed by atoms with Gasteiger partial charge in [-0.1, -0.05) is 78.9 Å². The molecule has 0 spiro atoms. The number of para-hydroxylation sites is 1. The van der Waals surface area contributed by atoms with Crippen molar-refractivity contribution in [2.75, 3.05) is 24.2 Å². The molecule has 3 aromatic rings. The van der Waals surface area contributed by atoms with E-state index in [1.807, 2.05) is 92.7 Å². The Morgan fingerprint density at radius 2 is 1.36 bits per heavy atom. The average molecular weight is 508 g/mol. The summed E-state index contributed by atoms with van der Waals surface area (Å²) in [6, 6.07) is 23.5. The lowest BCUT2D eigenvalue weighted by molar-refractivity contribution is -0.139. The van der Waals surface area contributed by atoms with Gasteiger partial charge in [0.15, 0.2) is 0 Å². The summed E-state index contributed by atoms with van der Waals surface area (Å²) in [5, 5.41) is 2.68. The number of carbonyl (C=O) groups is 2. The van der Waals surface area contributed by atoms with E-state index in [1.165, 1.54) is 11.9 Å². The SMILES string of the molecule is CNC(=O)[C@H](Cc1ccccc1)N(Cc1ccccc1)C(=O)CN(c1c(C)cccc1C)S(C)(=O)=O. The highest BCUT2D eigenvalue weighted by molar-refractivity contribution is 7.92. The Morgan fingerprint density at radius 1 is 0.833 bits per heavy atom. The van der Waals surface area contributed by atoms with Crippen molar-refractivity contribution >= 4 is 27.5 Å². The standard InChI is InChI=1S/C28H33N3O4S/c1-21-12-11-13-22(2)27(21)31(36(4,34)35)20-26(32)30(19-24-16-9-6-10-17-24)25(28(33)29-3)18-23-14-7-5-8-15-23/h5-17,25H,18-20H2,1-4H3,(H,29,33)/t25-/m0/s1. The molecule has 0 aromatic heterocycles. The van der Waals surface area contributed by atoms with Crippen molar-refractivity contribution in [2.24, 2.45) is 0 Å². The molecule has 0 saturated carbocycles. The molecular formula is C28H33N3O4S. The Labute approximate surface area is 213 Å². The molecule has 0 heterocycles. The number of aryl methyl sites for hydroxylation is 2. The number of hydrogen-bond donors (Lipinski definition) is 1. The molecule has 3 rings (SSSR count). The molecule has 0 aliphatic carbocycles. The fourth-order valence-electron chi connectivity index (χ4n) is 4.28. The van der Waals surface area contributed by atoms with Gasteiger partial charge in [-0.15, -0.1) is 0 Å². The summed E-state index contributed by atoms with van der Waals surface area (Å²) in [5.74, 6) is -0.780. The van der Waals surface area contributed by atoms with Crippen LogP contribution < -0.4 is 9.62 Å². The molecule has 0 saturated heterocycles. The van der Waals surface area contributed by atoms with Crippen LogP contribution in [0.4, 0.5) is 5.69 Å². The molecule has 0 unspecified atom stereocenters. The third-order valence-electron chi connectivity index (χ3n) is 6.08. The maximum Gasteiger partial charge on any atom is 0.244 e. The van der Waals surface area contributed by atoms with Crippen molar-refractivity contribution in [3.8, 4) is 0 Å². The third-order valence-corrected chi connectivity index (χ3v) is 7.19. The highest BCUT2D eigenvalue weighted by atomic mass is 32.2. The first-order valence-corrected chi connectivity index (χ1v) is 13.6. The van der Waals surface area contributed by atoms with E-state index in [1.54, 1.807) is 0 Å². The second-order valence-corrected chi connectivity index (χ2v) is 10.7. The normalized spacial score (nSPS) is 12.0. The number of anilines is 1. The molecule has 0 aliphatic heterocycles. The predicted molar refractivity (Wildman–Crippen MR) is 143 cm³/mol. The lowest BCUT2D eigenvalue weighted by Crippen LogP contribution is -2.53. The van der Waals surface area contributed by atoms with Crippen LogP contribution in [0.2, 0.25) is 0 Å². The summed E-state index contributed by atoms with van der Waals surface area (Å²) in [7, 11) is -2.26. The van der Waals surface area contributed by atoms with Crippen molar-refractivity contribution in [1.29, 1.82) is 0 Å². The lowest BCUT2D eigenvalue weighted by atomic mass is 10.0. The van der Waals surface area contributed by atoms with Crippen LogP contribution in [0.15, 0.2) is 78.9 Å². The summed E-state index contributed by atoms with van der Waals surface area (Å²) in [5.41, 5.74) is 3.70. The molecule has 0 aliphatic rings. The Kier molecular flexibility index (Phi) is 8.88. The van der Waals surface area contributed by atoms with Gasteiger partial charge in [0.05, 0.1) is 11.9 Å². The van der Waals surface area contributed by atoms with Gasteiger partial charge < -0.3 is 10.2 Å². The van der Waals surface area contributed by atoms with Crippen molar-refractivity contribution in [3.63, 3.8) is 0 Å². The predicted octanol–water partition coefficient (Wildman–Crippen LogP) is 3.46. The summed E-state index contributed by atoms with van der Waals surface area (Å²) >= 11 is 0. The number of amides is 2. The third kappa shape index (κ3) is 6.73. The number of rotatable bonds is 10. The van der Waals surface area contributed by atoms with Gasteiger partial charge in [0.25, 0.3) is 0 Å². The van der Waals surface area contributed by atoms with Crippen LogP contribution in [0.1, 0.15) is 22.3 Å². The summed E-state index contributed by atoms with van der Waals surface area (Å²) in [4.78, 5) is 28.4. The highest BCUT2D eigenvalue weighted by Gasteiger charge is 2.33. The van der Waals surface area contributed by atoms with Crippen LogP contribution in [0, 0.1) is 13.8 Å². The number of benzene rings is 3. The highest BCUT2D eigenvalue weighted by Crippen LogP contribution is 2.27. The molecule has 36 heavy (non-hydrogen) atoms. The molecule has 7 nitrogen and oxygen atoms in total. The summed E-state index contributed by atoms with van der Waals surface area (Å²) < 4.78 is 26.9. The Hall–Kier alpha value is -3.65. The molecule has 190 valence electrons. The van der Waals surface area contributed by atoms with Gasteiger partial charge in [-0.3, -0.25) is 13.9 Å². The Bertz CT molecular complexity index is 1270. The molecule has 1 N–H and O–H groups in total. The lowest BCUT2D eigenvalue weighted by Gasteiger charge is -2.34. The molecule has 3 aromatic carbocycles. The maximum absolute atomic E-state index is 13.9. The smallest absolute Gasteiger partial charge is 0.244 e. The number of nitrogens with zero attached hydrogens (tertiary/aromatic N) is 2. The molecule has 0 radical (unpaired) electrons. The van der Waals surface area contributed by atoms with Crippen molar-refractivity contribution in [1.82, 2.24) is 10.2 Å². The van der Waals surface area contributed by atoms with Gasteiger partial charge in [0.2, 0.25) is 21.8 Å². The van der Waals surface area contributed by atoms with Crippen molar-refractivity contribution < 1.29 is 18.0 Å². The first-order valence-electron chi connectivity index (χ1n) is 11.7. The number of nitrogens with one attached hydrogen (secondary N) is 1. The second-order valence-electron chi connectivity index (χ2n) is 8.84. The van der Waals surface area contributed by atoms with Gasteiger partial charge in [-0.05, 0) is 36.1 Å². The average Bonchev–Trinajstić information content (AvgIpc) is 2.85. The van der Waals surface area contributed by atoms with Crippen LogP contribution in [-0.4, -0.2) is 51.0 Å². The number of carbonyl (C=O) groups excluding carboxylic acids is 2. The van der Waals surface area contributed by atoms with E-state index >= 15 is 0 Å². The number of sulfonamides is 1. The molecule has 1 atom stereocenters. The van der Waals surface area contributed by atoms with Crippen LogP contribution in [0.25, 0.3) is 0 Å². The minimum Gasteiger partial charge on any atom is -0.357 e. The van der Waals surface area contributed by atoms with Gasteiger partial charge in [-0.25, -0.2) is 8.42 Å². The van der Waals surface area contributed by atoms with Crippen LogP contribution >= 0.6 is 0 Å². The largest absolute Gasteiger partial charge is 0.357 e. The zero-order valence-electron chi connectivity index (χ0n) is 21.1. The van der Waals surface area contributed by atoms with Gasteiger partial charge >= 0.3 is 0 Å². The first kappa shape index (κ1) is 26.9. The van der Waals surface area contributed by atoms with E-state index in [-0.39, 0.29) is 12.5 Å². The quantitative estimate of drug-likeness (QED) is 0.455. The Balaban J connectivity index is 2.04. The monoisotopic (exact) mass is 507 g/mol. The van der Waals surface area contributed by atoms with E-state index in [2.05, 4.69) is 5.32 Å². The van der Waals surface area contributed by atoms with Crippen LogP contribution in [0.5, 0.6) is 0 Å². The fraction of sp³-hybridized carbons (Fsp3) is 0.286. The van der Waals surface area contributed by atoms with E-state index < -0.39 is 28.5 Å². The summed E-state index contributed by atoms with van der Waals surface area (Å²) in [6.45, 7) is 3.37. The minimum absolute atomic E-state index is 0.162. The van der Waals surface area contributed by atoms with E-state index in [9.17, 15) is 18.0 Å². The zero-order valence-corrected chi connectivity index (χ0v) is 22.0.